The predicted octanol–water partition coefficient (Wildman–Crippen LogP) is 5.46. The van der Waals surface area contributed by atoms with Gasteiger partial charge in [-0.15, -0.1) is 0 Å². The lowest BCUT2D eigenvalue weighted by Crippen LogP contribution is -2.54. The molecule has 0 aromatic carbocycles. The van der Waals surface area contributed by atoms with Crippen LogP contribution in [0.15, 0.2) is 23.8 Å². The number of nitrogens with one attached hydrogen (secondary N) is 1. The quantitative estimate of drug-likeness (QED) is 0.626. The molecule has 0 aromatic rings. The molecule has 0 aromatic heterocycles. The summed E-state index contributed by atoms with van der Waals surface area (Å²) in [7, 11) is 0. The van der Waals surface area contributed by atoms with E-state index in [1.54, 1.807) is 0 Å². The summed E-state index contributed by atoms with van der Waals surface area (Å²) in [5.41, 5.74) is 3.44. The van der Waals surface area contributed by atoms with Crippen molar-refractivity contribution in [3.8, 4) is 0 Å². The van der Waals surface area contributed by atoms with E-state index < -0.39 is 0 Å². The van der Waals surface area contributed by atoms with Crippen molar-refractivity contribution in [1.82, 2.24) is 0 Å². The van der Waals surface area contributed by atoms with E-state index in [0.717, 1.165) is 50.2 Å². The lowest BCUT2D eigenvalue weighted by Gasteiger charge is -2.57. The fourth-order valence-electron chi connectivity index (χ4n) is 8.51. The van der Waals surface area contributed by atoms with E-state index in [0.29, 0.717) is 30.1 Å². The molecule has 5 rings (SSSR count). The van der Waals surface area contributed by atoms with Gasteiger partial charge in [-0.2, -0.15) is 0 Å². The Morgan fingerprint density at radius 2 is 2.07 bits per heavy atom. The second-order valence-corrected chi connectivity index (χ2v) is 10.1. The zero-order valence-corrected chi connectivity index (χ0v) is 16.9. The molecule has 1 heterocycles. The van der Waals surface area contributed by atoms with Crippen LogP contribution in [0.2, 0.25) is 0 Å². The topological polar surface area (TPSA) is 50.2 Å². The van der Waals surface area contributed by atoms with Crippen molar-refractivity contribution < 1.29 is 9.53 Å². The van der Waals surface area contributed by atoms with Crippen LogP contribution in [0.1, 0.15) is 71.6 Å². The molecule has 1 N–H and O–H groups in total. The van der Waals surface area contributed by atoms with E-state index >= 15 is 0 Å². The van der Waals surface area contributed by atoms with Crippen LogP contribution in [0.5, 0.6) is 0 Å². The first-order chi connectivity index (χ1) is 12.9. The third-order valence-electron chi connectivity index (χ3n) is 9.28. The van der Waals surface area contributed by atoms with Gasteiger partial charge in [-0.3, -0.25) is 4.79 Å². The molecule has 3 heteroatoms. The maximum absolute atomic E-state index is 12.1. The van der Waals surface area contributed by atoms with Crippen LogP contribution in [0.25, 0.3) is 0 Å². The number of carbonyl (C=O) groups is 1. The Morgan fingerprint density at radius 1 is 1.26 bits per heavy atom. The molecule has 1 saturated heterocycles. The van der Waals surface area contributed by atoms with Crippen molar-refractivity contribution in [1.29, 1.82) is 5.41 Å². The van der Waals surface area contributed by atoms with Gasteiger partial charge < -0.3 is 10.1 Å². The number of hydrogen-bond acceptors (Lipinski definition) is 3. The van der Waals surface area contributed by atoms with E-state index in [9.17, 15) is 4.79 Å². The molecule has 0 bridgehead atoms. The van der Waals surface area contributed by atoms with Gasteiger partial charge in [0, 0.05) is 17.5 Å². The van der Waals surface area contributed by atoms with Crippen molar-refractivity contribution >= 4 is 11.7 Å². The van der Waals surface area contributed by atoms with E-state index in [2.05, 4.69) is 26.5 Å². The Balaban J connectivity index is 1.55. The van der Waals surface area contributed by atoms with Crippen LogP contribution >= 0.6 is 0 Å². The SMILES string of the molecule is C=C1CC2C(CCC3(CC)C2[C@@H](C)CC32CCC(=O)O2)C2CCC(=N)C=C12. The van der Waals surface area contributed by atoms with E-state index in [4.69, 9.17) is 10.1 Å². The summed E-state index contributed by atoms with van der Waals surface area (Å²) in [6.07, 6.45) is 11.5. The van der Waals surface area contributed by atoms with Crippen LogP contribution in [0, 0.1) is 40.4 Å². The van der Waals surface area contributed by atoms with Crippen molar-refractivity contribution in [2.45, 2.75) is 77.2 Å². The Labute approximate surface area is 163 Å². The molecular weight excluding hydrogens is 334 g/mol. The zero-order chi connectivity index (χ0) is 19.0. The highest BCUT2D eigenvalue weighted by Gasteiger charge is 2.69. The molecule has 3 nitrogen and oxygen atoms in total. The van der Waals surface area contributed by atoms with E-state index in [1.807, 2.05) is 0 Å². The fraction of sp³-hybridized carbons (Fsp3) is 0.750. The second-order valence-electron chi connectivity index (χ2n) is 10.1. The molecule has 1 aliphatic heterocycles. The minimum atomic E-state index is -0.194. The first-order valence-electron chi connectivity index (χ1n) is 11.1. The molecule has 3 saturated carbocycles. The summed E-state index contributed by atoms with van der Waals surface area (Å²) in [4.78, 5) is 12.1. The van der Waals surface area contributed by atoms with Crippen molar-refractivity contribution in [2.75, 3.05) is 0 Å². The van der Waals surface area contributed by atoms with Gasteiger partial charge in [0.25, 0.3) is 0 Å². The lowest BCUT2D eigenvalue weighted by atomic mass is 9.48. The monoisotopic (exact) mass is 367 g/mol. The fourth-order valence-corrected chi connectivity index (χ4v) is 8.51. The molecule has 1 spiro atoms. The Kier molecular flexibility index (Phi) is 3.81. The van der Waals surface area contributed by atoms with Crippen LogP contribution in [-0.2, 0) is 9.53 Å². The summed E-state index contributed by atoms with van der Waals surface area (Å²) >= 11 is 0. The van der Waals surface area contributed by atoms with Crippen LogP contribution in [-0.4, -0.2) is 17.3 Å². The van der Waals surface area contributed by atoms with Gasteiger partial charge in [0.2, 0.25) is 0 Å². The van der Waals surface area contributed by atoms with Gasteiger partial charge in [0.15, 0.2) is 0 Å². The van der Waals surface area contributed by atoms with Gasteiger partial charge >= 0.3 is 5.97 Å². The first kappa shape index (κ1) is 17.7. The van der Waals surface area contributed by atoms with Gasteiger partial charge in [0.05, 0.1) is 0 Å². The minimum Gasteiger partial charge on any atom is -0.458 e. The highest BCUT2D eigenvalue weighted by atomic mass is 16.6. The Bertz CT molecular complexity index is 751. The second kappa shape index (κ2) is 5.81. The standard InChI is InChI=1S/C24H33NO2/c1-4-23-9-7-18-17-6-5-16(25)12-19(17)14(2)11-20(18)22(23)15(3)13-24(23)10-8-21(26)27-24/h12,15,17-18,20,22,25H,2,4-11,13H2,1,3H3/t15-,17?,18?,20?,22?,23?,24?/m0/s1. The van der Waals surface area contributed by atoms with Crippen LogP contribution < -0.4 is 0 Å². The molecule has 4 aliphatic carbocycles. The smallest absolute Gasteiger partial charge is 0.306 e. The van der Waals surface area contributed by atoms with Crippen molar-refractivity contribution in [2.24, 2.45) is 35.0 Å². The average Bonchev–Trinajstić information content (AvgIpc) is 3.13. The number of allylic oxidation sites excluding steroid dienone is 3. The lowest BCUT2D eigenvalue weighted by molar-refractivity contribution is -0.169. The molecular formula is C24H33NO2. The number of carbonyl (C=O) groups excluding carboxylic acids is 1. The number of fused-ring (bicyclic) bond motifs is 6. The first-order valence-corrected chi connectivity index (χ1v) is 11.1. The minimum absolute atomic E-state index is 0.0295. The number of esters is 1. The molecule has 6 unspecified atom stereocenters. The molecule has 146 valence electrons. The van der Waals surface area contributed by atoms with Gasteiger partial charge in [0.1, 0.15) is 5.60 Å². The highest BCUT2D eigenvalue weighted by Crippen LogP contribution is 2.70. The average molecular weight is 368 g/mol. The van der Waals surface area contributed by atoms with Crippen molar-refractivity contribution in [3.05, 3.63) is 23.8 Å². The number of hydrogen-bond donors (Lipinski definition) is 1. The summed E-state index contributed by atoms with van der Waals surface area (Å²) < 4.78 is 6.17. The summed E-state index contributed by atoms with van der Waals surface area (Å²) in [5.74, 6) is 3.30. The summed E-state index contributed by atoms with van der Waals surface area (Å²) in [6, 6.07) is 0. The maximum Gasteiger partial charge on any atom is 0.306 e. The van der Waals surface area contributed by atoms with Crippen LogP contribution in [0.3, 0.4) is 0 Å². The van der Waals surface area contributed by atoms with Crippen molar-refractivity contribution in [3.63, 3.8) is 0 Å². The largest absolute Gasteiger partial charge is 0.458 e. The highest BCUT2D eigenvalue weighted by molar-refractivity contribution is 5.94. The van der Waals surface area contributed by atoms with Gasteiger partial charge in [-0.25, -0.2) is 0 Å². The van der Waals surface area contributed by atoms with E-state index in [1.165, 1.54) is 24.0 Å². The zero-order valence-electron chi connectivity index (χ0n) is 16.9. The Morgan fingerprint density at radius 3 is 2.78 bits per heavy atom. The van der Waals surface area contributed by atoms with Crippen LogP contribution in [0.4, 0.5) is 0 Å². The van der Waals surface area contributed by atoms with E-state index in [-0.39, 0.29) is 17.0 Å². The molecule has 0 radical (unpaired) electrons. The third kappa shape index (κ3) is 2.20. The van der Waals surface area contributed by atoms with Gasteiger partial charge in [-0.05, 0) is 92.6 Å². The Hall–Kier alpha value is -1.38. The number of rotatable bonds is 1. The molecule has 7 atom stereocenters. The summed E-state index contributed by atoms with van der Waals surface area (Å²) in [5, 5.41) is 8.11. The molecule has 4 fully saturated rings. The molecule has 27 heavy (non-hydrogen) atoms. The molecule has 5 aliphatic rings. The number of ether oxygens (including phenoxy) is 1. The predicted molar refractivity (Wildman–Crippen MR) is 107 cm³/mol. The molecule has 0 amide bonds. The maximum atomic E-state index is 12.1. The van der Waals surface area contributed by atoms with Gasteiger partial charge in [-0.1, -0.05) is 26.0 Å². The third-order valence-corrected chi connectivity index (χ3v) is 9.28. The normalized spacial score (nSPS) is 48.7. The summed E-state index contributed by atoms with van der Waals surface area (Å²) in [6.45, 7) is 9.22.